The van der Waals surface area contributed by atoms with E-state index in [1.54, 1.807) is 0 Å². The fourth-order valence-corrected chi connectivity index (χ4v) is 2.83. The molecule has 0 aliphatic heterocycles. The topological polar surface area (TPSA) is 55.9 Å². The zero-order valence-electron chi connectivity index (χ0n) is 12.0. The van der Waals surface area contributed by atoms with E-state index in [1.807, 2.05) is 13.0 Å². The van der Waals surface area contributed by atoms with E-state index in [-0.39, 0.29) is 0 Å². The van der Waals surface area contributed by atoms with E-state index in [9.17, 15) is 0 Å². The Morgan fingerprint density at radius 1 is 1.30 bits per heavy atom. The molecule has 5 nitrogen and oxygen atoms in total. The number of hydrogen-bond donors (Lipinski definition) is 1. The van der Waals surface area contributed by atoms with Gasteiger partial charge in [-0.05, 0) is 25.8 Å². The molecule has 0 unspecified atom stereocenters. The summed E-state index contributed by atoms with van der Waals surface area (Å²) in [5, 5.41) is 11.9. The molecule has 1 saturated carbocycles. The molecule has 0 bridgehead atoms. The van der Waals surface area contributed by atoms with E-state index in [0.29, 0.717) is 12.6 Å². The lowest BCUT2D eigenvalue weighted by Gasteiger charge is -2.21. The van der Waals surface area contributed by atoms with Crippen LogP contribution in [0.15, 0.2) is 22.9 Å². The Balaban J connectivity index is 1.49. The van der Waals surface area contributed by atoms with Gasteiger partial charge in [-0.1, -0.05) is 24.4 Å². The highest BCUT2D eigenvalue weighted by molar-refractivity contribution is 5.04. The van der Waals surface area contributed by atoms with Gasteiger partial charge in [0.1, 0.15) is 0 Å². The normalized spacial score (nSPS) is 16.6. The number of aryl methyl sites for hydroxylation is 1. The van der Waals surface area contributed by atoms with Crippen molar-refractivity contribution in [3.8, 4) is 0 Å². The Kier molecular flexibility index (Phi) is 4.16. The fourth-order valence-electron chi connectivity index (χ4n) is 2.83. The number of nitrogens with one attached hydrogen (secondary N) is 1. The highest BCUT2D eigenvalue weighted by Gasteiger charge is 2.15. The maximum absolute atomic E-state index is 5.16. The van der Waals surface area contributed by atoms with Gasteiger partial charge >= 0.3 is 0 Å². The molecule has 0 aromatic carbocycles. The van der Waals surface area contributed by atoms with Crippen molar-refractivity contribution >= 4 is 0 Å². The molecular weight excluding hydrogens is 252 g/mol. The van der Waals surface area contributed by atoms with Gasteiger partial charge in [0.25, 0.3) is 0 Å². The van der Waals surface area contributed by atoms with Gasteiger partial charge in [0.05, 0.1) is 24.0 Å². The van der Waals surface area contributed by atoms with Crippen LogP contribution in [0, 0.1) is 6.92 Å². The van der Waals surface area contributed by atoms with Crippen molar-refractivity contribution in [2.75, 3.05) is 0 Å². The van der Waals surface area contributed by atoms with E-state index >= 15 is 0 Å². The van der Waals surface area contributed by atoms with Crippen LogP contribution in [-0.4, -0.2) is 14.9 Å². The van der Waals surface area contributed by atoms with Crippen molar-refractivity contribution in [3.63, 3.8) is 0 Å². The summed E-state index contributed by atoms with van der Waals surface area (Å²) in [6, 6.07) is 4.66. The highest BCUT2D eigenvalue weighted by Crippen LogP contribution is 2.27. The van der Waals surface area contributed by atoms with E-state index < -0.39 is 0 Å². The third kappa shape index (κ3) is 3.28. The summed E-state index contributed by atoms with van der Waals surface area (Å²) < 4.78 is 7.31. The summed E-state index contributed by atoms with van der Waals surface area (Å²) in [5.41, 5.74) is 2.01. The second kappa shape index (κ2) is 6.22. The first-order chi connectivity index (χ1) is 9.81. The molecule has 0 saturated heterocycles. The standard InChI is InChI=1S/C15H22N4O/c1-12-9-15(20-18-12)11-16-10-13-7-8-19(17-13)14-5-3-2-4-6-14/h7-9,14,16H,2-6,10-11H2,1H3. The first kappa shape index (κ1) is 13.4. The average Bonchev–Trinajstić information content (AvgIpc) is 3.09. The maximum Gasteiger partial charge on any atom is 0.150 e. The first-order valence-electron chi connectivity index (χ1n) is 7.48. The van der Waals surface area contributed by atoms with Crippen molar-refractivity contribution < 1.29 is 4.52 Å². The lowest BCUT2D eigenvalue weighted by molar-refractivity contribution is 0.327. The van der Waals surface area contributed by atoms with Crippen LogP contribution < -0.4 is 5.32 Å². The highest BCUT2D eigenvalue weighted by atomic mass is 16.5. The van der Waals surface area contributed by atoms with Crippen LogP contribution in [0.2, 0.25) is 0 Å². The predicted octanol–water partition coefficient (Wildman–Crippen LogP) is 2.97. The molecule has 0 amide bonds. The van der Waals surface area contributed by atoms with Crippen LogP contribution in [0.25, 0.3) is 0 Å². The quantitative estimate of drug-likeness (QED) is 0.910. The first-order valence-corrected chi connectivity index (χ1v) is 7.48. The fraction of sp³-hybridized carbons (Fsp3) is 0.600. The maximum atomic E-state index is 5.16. The van der Waals surface area contributed by atoms with Gasteiger partial charge in [0.15, 0.2) is 5.76 Å². The van der Waals surface area contributed by atoms with Crippen molar-refractivity contribution in [1.82, 2.24) is 20.3 Å². The van der Waals surface area contributed by atoms with Gasteiger partial charge < -0.3 is 9.84 Å². The monoisotopic (exact) mass is 274 g/mol. The average molecular weight is 274 g/mol. The van der Waals surface area contributed by atoms with Gasteiger partial charge in [-0.2, -0.15) is 5.10 Å². The zero-order chi connectivity index (χ0) is 13.8. The summed E-state index contributed by atoms with van der Waals surface area (Å²) in [4.78, 5) is 0. The van der Waals surface area contributed by atoms with Crippen molar-refractivity contribution in [2.45, 2.75) is 58.2 Å². The molecule has 1 fully saturated rings. The van der Waals surface area contributed by atoms with Gasteiger partial charge in [-0.15, -0.1) is 0 Å². The molecule has 1 aliphatic rings. The molecule has 0 spiro atoms. The Bertz CT molecular complexity index is 540. The second-order valence-corrected chi connectivity index (χ2v) is 5.62. The molecular formula is C15H22N4O. The molecule has 5 heteroatoms. The Morgan fingerprint density at radius 2 is 2.15 bits per heavy atom. The second-order valence-electron chi connectivity index (χ2n) is 5.62. The SMILES string of the molecule is Cc1cc(CNCc2ccn(C3CCCCC3)n2)on1. The number of aromatic nitrogens is 3. The van der Waals surface area contributed by atoms with Gasteiger partial charge in [0, 0.05) is 18.8 Å². The smallest absolute Gasteiger partial charge is 0.150 e. The Hall–Kier alpha value is -1.62. The molecule has 0 radical (unpaired) electrons. The lowest BCUT2D eigenvalue weighted by atomic mass is 9.96. The molecule has 2 aromatic heterocycles. The molecule has 1 aliphatic carbocycles. The molecule has 2 heterocycles. The minimum absolute atomic E-state index is 0.606. The summed E-state index contributed by atoms with van der Waals surface area (Å²) in [7, 11) is 0. The summed E-state index contributed by atoms with van der Waals surface area (Å²) in [6.07, 6.45) is 8.71. The molecule has 0 atom stereocenters. The van der Waals surface area contributed by atoms with Crippen LogP contribution in [0.5, 0.6) is 0 Å². The third-order valence-corrected chi connectivity index (χ3v) is 3.89. The number of nitrogens with zero attached hydrogens (tertiary/aromatic N) is 3. The van der Waals surface area contributed by atoms with E-state index in [0.717, 1.165) is 23.7 Å². The Morgan fingerprint density at radius 3 is 2.90 bits per heavy atom. The van der Waals surface area contributed by atoms with Crippen LogP contribution in [0.3, 0.4) is 0 Å². The third-order valence-electron chi connectivity index (χ3n) is 3.89. The Labute approximate surface area is 119 Å². The van der Waals surface area contributed by atoms with E-state index in [2.05, 4.69) is 32.5 Å². The molecule has 3 rings (SSSR count). The van der Waals surface area contributed by atoms with Crippen LogP contribution in [-0.2, 0) is 13.1 Å². The molecule has 1 N–H and O–H groups in total. The van der Waals surface area contributed by atoms with Gasteiger partial charge in [0.2, 0.25) is 0 Å². The minimum Gasteiger partial charge on any atom is -0.360 e. The van der Waals surface area contributed by atoms with Crippen LogP contribution >= 0.6 is 0 Å². The van der Waals surface area contributed by atoms with Crippen LogP contribution in [0.1, 0.15) is 55.3 Å². The predicted molar refractivity (Wildman–Crippen MR) is 76.1 cm³/mol. The zero-order valence-corrected chi connectivity index (χ0v) is 12.0. The van der Waals surface area contributed by atoms with E-state index in [4.69, 9.17) is 4.52 Å². The summed E-state index contributed by atoms with van der Waals surface area (Å²) >= 11 is 0. The van der Waals surface area contributed by atoms with Crippen LogP contribution in [0.4, 0.5) is 0 Å². The molecule has 2 aromatic rings. The van der Waals surface area contributed by atoms with Gasteiger partial charge in [-0.25, -0.2) is 0 Å². The minimum atomic E-state index is 0.606. The van der Waals surface area contributed by atoms with Crippen molar-refractivity contribution in [3.05, 3.63) is 35.5 Å². The largest absolute Gasteiger partial charge is 0.360 e. The number of hydrogen-bond acceptors (Lipinski definition) is 4. The molecule has 108 valence electrons. The summed E-state index contributed by atoms with van der Waals surface area (Å²) in [5.74, 6) is 0.870. The summed E-state index contributed by atoms with van der Waals surface area (Å²) in [6.45, 7) is 3.38. The van der Waals surface area contributed by atoms with Gasteiger partial charge in [-0.3, -0.25) is 4.68 Å². The number of rotatable bonds is 5. The van der Waals surface area contributed by atoms with E-state index in [1.165, 1.54) is 32.1 Å². The lowest BCUT2D eigenvalue weighted by Crippen LogP contribution is -2.15. The van der Waals surface area contributed by atoms with Crippen molar-refractivity contribution in [1.29, 1.82) is 0 Å². The van der Waals surface area contributed by atoms with Crippen molar-refractivity contribution in [2.24, 2.45) is 0 Å². The molecule has 20 heavy (non-hydrogen) atoms.